The van der Waals surface area contributed by atoms with Gasteiger partial charge in [0, 0.05) is 39.5 Å². The van der Waals surface area contributed by atoms with Crippen molar-refractivity contribution in [1.82, 2.24) is 4.57 Å². The predicted molar refractivity (Wildman–Crippen MR) is 114 cm³/mol. The summed E-state index contributed by atoms with van der Waals surface area (Å²) in [4.78, 5) is 25.0. The number of anilines is 1. The molecular formula is C21H19BrN2O2S. The van der Waals surface area contributed by atoms with Crippen LogP contribution in [0.5, 0.6) is 0 Å². The molecule has 1 N–H and O–H groups in total. The van der Waals surface area contributed by atoms with E-state index >= 15 is 0 Å². The maximum atomic E-state index is 12.1. The maximum Gasteiger partial charge on any atom is 0.250 e. The first-order chi connectivity index (χ1) is 13.1. The van der Waals surface area contributed by atoms with E-state index in [0.29, 0.717) is 18.7 Å². The van der Waals surface area contributed by atoms with Crippen molar-refractivity contribution in [3.8, 4) is 0 Å². The van der Waals surface area contributed by atoms with Gasteiger partial charge in [-0.25, -0.2) is 0 Å². The summed E-state index contributed by atoms with van der Waals surface area (Å²) in [5.41, 5.74) is 1.73. The van der Waals surface area contributed by atoms with Gasteiger partial charge >= 0.3 is 0 Å². The Bertz CT molecular complexity index is 970. The Morgan fingerprint density at radius 2 is 1.74 bits per heavy atom. The quantitative estimate of drug-likeness (QED) is 0.535. The average molecular weight is 443 g/mol. The molecule has 1 heterocycles. The van der Waals surface area contributed by atoms with E-state index in [0.717, 1.165) is 20.6 Å². The first kappa shape index (κ1) is 19.5. The number of hydrogen-bond acceptors (Lipinski definition) is 3. The van der Waals surface area contributed by atoms with Crippen molar-refractivity contribution in [3.63, 3.8) is 0 Å². The van der Waals surface area contributed by atoms with Crippen LogP contribution in [0.25, 0.3) is 0 Å². The number of halogens is 1. The third-order valence-electron chi connectivity index (χ3n) is 3.91. The molecule has 4 nitrogen and oxygen atoms in total. The Balaban J connectivity index is 1.49. The smallest absolute Gasteiger partial charge is 0.250 e. The number of benzene rings is 2. The minimum atomic E-state index is -0.0302. The van der Waals surface area contributed by atoms with E-state index in [1.807, 2.05) is 54.6 Å². The van der Waals surface area contributed by atoms with Crippen LogP contribution in [0.3, 0.4) is 0 Å². The summed E-state index contributed by atoms with van der Waals surface area (Å²) in [5.74, 6) is 0.699. The van der Waals surface area contributed by atoms with Crippen molar-refractivity contribution >= 4 is 39.3 Å². The van der Waals surface area contributed by atoms with E-state index in [4.69, 9.17) is 0 Å². The molecule has 0 atom stereocenters. The van der Waals surface area contributed by atoms with Gasteiger partial charge in [0.1, 0.15) is 0 Å². The SMILES string of the molecule is O=C(CCSc1ccccc1Br)Nc1ccc(Cn2ccccc2=O)cc1. The van der Waals surface area contributed by atoms with Crippen molar-refractivity contribution in [2.75, 3.05) is 11.1 Å². The molecule has 0 fully saturated rings. The molecule has 2 aromatic carbocycles. The number of thioether (sulfide) groups is 1. The van der Waals surface area contributed by atoms with Crippen LogP contribution in [0.15, 0.2) is 87.1 Å². The van der Waals surface area contributed by atoms with Crippen LogP contribution in [0.4, 0.5) is 5.69 Å². The highest BCUT2D eigenvalue weighted by atomic mass is 79.9. The molecule has 0 unspecified atom stereocenters. The van der Waals surface area contributed by atoms with Gasteiger partial charge in [0.15, 0.2) is 0 Å². The van der Waals surface area contributed by atoms with Crippen molar-refractivity contribution in [2.24, 2.45) is 0 Å². The van der Waals surface area contributed by atoms with Crippen molar-refractivity contribution in [3.05, 3.63) is 93.3 Å². The number of carbonyl (C=O) groups is 1. The zero-order valence-corrected chi connectivity index (χ0v) is 17.0. The molecule has 0 aliphatic heterocycles. The highest BCUT2D eigenvalue weighted by Gasteiger charge is 2.05. The van der Waals surface area contributed by atoms with E-state index in [1.54, 1.807) is 34.7 Å². The lowest BCUT2D eigenvalue weighted by Gasteiger charge is -2.08. The molecule has 0 bridgehead atoms. The van der Waals surface area contributed by atoms with E-state index in [2.05, 4.69) is 21.2 Å². The lowest BCUT2D eigenvalue weighted by molar-refractivity contribution is -0.115. The summed E-state index contributed by atoms with van der Waals surface area (Å²) in [6, 6.07) is 20.7. The van der Waals surface area contributed by atoms with Crippen LogP contribution in [-0.2, 0) is 11.3 Å². The average Bonchev–Trinajstić information content (AvgIpc) is 2.67. The number of pyridine rings is 1. The normalized spacial score (nSPS) is 10.6. The Kier molecular flexibility index (Phi) is 6.90. The molecule has 3 rings (SSSR count). The number of nitrogens with one attached hydrogen (secondary N) is 1. The summed E-state index contributed by atoms with van der Waals surface area (Å²) < 4.78 is 2.69. The lowest BCUT2D eigenvalue weighted by Crippen LogP contribution is -2.18. The van der Waals surface area contributed by atoms with E-state index in [-0.39, 0.29) is 11.5 Å². The van der Waals surface area contributed by atoms with E-state index in [9.17, 15) is 9.59 Å². The summed E-state index contributed by atoms with van der Waals surface area (Å²) >= 11 is 5.16. The summed E-state index contributed by atoms with van der Waals surface area (Å²) in [6.45, 7) is 0.510. The first-order valence-electron chi connectivity index (χ1n) is 8.53. The van der Waals surface area contributed by atoms with Crippen LogP contribution < -0.4 is 10.9 Å². The molecule has 6 heteroatoms. The van der Waals surface area contributed by atoms with Gasteiger partial charge in [-0.05, 0) is 51.8 Å². The van der Waals surface area contributed by atoms with Gasteiger partial charge in [-0.2, -0.15) is 0 Å². The van der Waals surface area contributed by atoms with Crippen molar-refractivity contribution in [1.29, 1.82) is 0 Å². The molecule has 3 aromatic rings. The molecule has 138 valence electrons. The topological polar surface area (TPSA) is 51.1 Å². The largest absolute Gasteiger partial charge is 0.326 e. The number of hydrogen-bond donors (Lipinski definition) is 1. The monoisotopic (exact) mass is 442 g/mol. The fourth-order valence-corrected chi connectivity index (χ4v) is 4.04. The zero-order chi connectivity index (χ0) is 19.1. The Morgan fingerprint density at radius 1 is 1.00 bits per heavy atom. The molecule has 27 heavy (non-hydrogen) atoms. The minimum Gasteiger partial charge on any atom is -0.326 e. The Hall–Kier alpha value is -2.31. The van der Waals surface area contributed by atoms with Crippen LogP contribution in [0, 0.1) is 0 Å². The highest BCUT2D eigenvalue weighted by molar-refractivity contribution is 9.10. The Morgan fingerprint density at radius 3 is 2.48 bits per heavy atom. The first-order valence-corrected chi connectivity index (χ1v) is 10.3. The molecule has 1 aromatic heterocycles. The van der Waals surface area contributed by atoms with Crippen LogP contribution in [-0.4, -0.2) is 16.2 Å². The standard InChI is InChI=1S/C21H19BrN2O2S/c22-18-5-1-2-6-19(18)27-14-12-20(25)23-17-10-8-16(9-11-17)15-24-13-4-3-7-21(24)26/h1-11,13H,12,14-15H2,(H,23,25). The molecule has 0 aliphatic carbocycles. The lowest BCUT2D eigenvalue weighted by atomic mass is 10.2. The van der Waals surface area contributed by atoms with Crippen molar-refractivity contribution < 1.29 is 4.79 Å². The summed E-state index contributed by atoms with van der Waals surface area (Å²) in [7, 11) is 0. The second-order valence-corrected chi connectivity index (χ2v) is 7.93. The van der Waals surface area contributed by atoms with E-state index in [1.165, 1.54) is 0 Å². The highest BCUT2D eigenvalue weighted by Crippen LogP contribution is 2.27. The van der Waals surface area contributed by atoms with E-state index < -0.39 is 0 Å². The van der Waals surface area contributed by atoms with Gasteiger partial charge in [-0.15, -0.1) is 11.8 Å². The molecular weight excluding hydrogens is 424 g/mol. The molecule has 0 aliphatic rings. The number of amides is 1. The van der Waals surface area contributed by atoms with Gasteiger partial charge in [-0.3, -0.25) is 9.59 Å². The predicted octanol–water partition coefficient (Wildman–Crippen LogP) is 4.78. The fourth-order valence-electron chi connectivity index (χ4n) is 2.52. The maximum absolute atomic E-state index is 12.1. The van der Waals surface area contributed by atoms with Crippen LogP contribution in [0.1, 0.15) is 12.0 Å². The zero-order valence-electron chi connectivity index (χ0n) is 14.6. The van der Waals surface area contributed by atoms with Crippen LogP contribution in [0.2, 0.25) is 0 Å². The van der Waals surface area contributed by atoms with Gasteiger partial charge in [0.05, 0.1) is 6.54 Å². The summed E-state index contributed by atoms with van der Waals surface area (Å²) in [6.07, 6.45) is 2.20. The van der Waals surface area contributed by atoms with Crippen LogP contribution >= 0.6 is 27.7 Å². The van der Waals surface area contributed by atoms with Gasteiger partial charge in [0.25, 0.3) is 5.56 Å². The molecule has 0 saturated carbocycles. The molecule has 1 amide bonds. The number of rotatable bonds is 7. The number of aromatic nitrogens is 1. The van der Waals surface area contributed by atoms with Gasteiger partial charge < -0.3 is 9.88 Å². The number of nitrogens with zero attached hydrogens (tertiary/aromatic N) is 1. The molecule has 0 radical (unpaired) electrons. The second-order valence-electron chi connectivity index (χ2n) is 5.94. The minimum absolute atomic E-state index is 0.0124. The third kappa shape index (κ3) is 5.84. The summed E-state index contributed by atoms with van der Waals surface area (Å²) in [5, 5.41) is 2.91. The van der Waals surface area contributed by atoms with Gasteiger partial charge in [-0.1, -0.05) is 30.3 Å². The fraction of sp³-hybridized carbons (Fsp3) is 0.143. The van der Waals surface area contributed by atoms with Crippen molar-refractivity contribution in [2.45, 2.75) is 17.9 Å². The Labute approximate surface area is 170 Å². The van der Waals surface area contributed by atoms with Gasteiger partial charge in [0.2, 0.25) is 5.91 Å². The molecule has 0 saturated heterocycles. The number of carbonyl (C=O) groups excluding carboxylic acids is 1. The molecule has 0 spiro atoms. The third-order valence-corrected chi connectivity index (χ3v) is 5.94. The second kappa shape index (κ2) is 9.58.